The van der Waals surface area contributed by atoms with Crippen LogP contribution >= 0.6 is 11.6 Å². The first-order chi connectivity index (χ1) is 23.1. The largest absolute Gasteiger partial charge is 0.494 e. The average Bonchev–Trinajstić information content (AvgIpc) is 3.59. The maximum Gasteiger partial charge on any atom is 0.264 e. The number of aryl methyl sites for hydroxylation is 1. The van der Waals surface area contributed by atoms with Gasteiger partial charge in [0.15, 0.2) is 0 Å². The number of nitrogens with one attached hydrogen (secondary N) is 1. The first-order valence-corrected chi connectivity index (χ1v) is 18.2. The van der Waals surface area contributed by atoms with E-state index in [2.05, 4.69) is 5.32 Å². The highest BCUT2D eigenvalue weighted by molar-refractivity contribution is 7.92. The lowest BCUT2D eigenvalue weighted by Gasteiger charge is -2.34. The van der Waals surface area contributed by atoms with Crippen molar-refractivity contribution < 1.29 is 22.7 Å². The van der Waals surface area contributed by atoms with E-state index in [0.717, 1.165) is 46.7 Å². The number of anilines is 1. The van der Waals surface area contributed by atoms with Crippen molar-refractivity contribution in [2.75, 3.05) is 17.5 Å². The first kappa shape index (κ1) is 35.0. The number of amides is 2. The summed E-state index contributed by atoms with van der Waals surface area (Å²) in [5.74, 6) is -0.186. The number of benzene rings is 4. The molecule has 0 spiro atoms. The Kier molecular flexibility index (Phi) is 11.8. The fourth-order valence-electron chi connectivity index (χ4n) is 6.07. The summed E-state index contributed by atoms with van der Waals surface area (Å²) in [7, 11) is -4.24. The van der Waals surface area contributed by atoms with Crippen molar-refractivity contribution in [1.29, 1.82) is 0 Å². The van der Waals surface area contributed by atoms with Crippen molar-refractivity contribution in [3.05, 3.63) is 125 Å². The van der Waals surface area contributed by atoms with Gasteiger partial charge in [0.2, 0.25) is 11.8 Å². The van der Waals surface area contributed by atoms with E-state index in [1.54, 1.807) is 24.3 Å². The predicted molar refractivity (Wildman–Crippen MR) is 190 cm³/mol. The zero-order valence-corrected chi connectivity index (χ0v) is 28.9. The summed E-state index contributed by atoms with van der Waals surface area (Å²) < 4.78 is 35.2. The van der Waals surface area contributed by atoms with Crippen LogP contribution < -0.4 is 14.4 Å². The molecule has 0 radical (unpaired) electrons. The Balaban J connectivity index is 1.56. The van der Waals surface area contributed by atoms with Gasteiger partial charge < -0.3 is 15.0 Å². The van der Waals surface area contributed by atoms with Crippen molar-refractivity contribution >= 4 is 39.1 Å². The van der Waals surface area contributed by atoms with Gasteiger partial charge in [-0.2, -0.15) is 0 Å². The van der Waals surface area contributed by atoms with Crippen LogP contribution in [0, 0.1) is 6.92 Å². The molecule has 1 atom stereocenters. The van der Waals surface area contributed by atoms with E-state index in [1.165, 1.54) is 29.2 Å². The molecular formula is C38H42ClN3O5S. The second-order valence-electron chi connectivity index (χ2n) is 12.1. The summed E-state index contributed by atoms with van der Waals surface area (Å²) >= 11 is 6.09. The Morgan fingerprint density at radius 3 is 2.21 bits per heavy atom. The summed E-state index contributed by atoms with van der Waals surface area (Å²) in [5, 5.41) is 3.59. The summed E-state index contributed by atoms with van der Waals surface area (Å²) in [5.41, 5.74) is 3.02. The summed E-state index contributed by atoms with van der Waals surface area (Å²) in [6.45, 7) is 3.86. The highest BCUT2D eigenvalue weighted by Crippen LogP contribution is 2.28. The van der Waals surface area contributed by atoms with Gasteiger partial charge >= 0.3 is 0 Å². The van der Waals surface area contributed by atoms with Gasteiger partial charge in [-0.15, -0.1) is 0 Å². The van der Waals surface area contributed by atoms with Gasteiger partial charge in [0, 0.05) is 24.0 Å². The molecule has 10 heteroatoms. The third-order valence-electron chi connectivity index (χ3n) is 8.52. The number of sulfonamides is 1. The van der Waals surface area contributed by atoms with Gasteiger partial charge in [0.05, 0.1) is 17.2 Å². The number of ether oxygens (including phenoxy) is 1. The summed E-state index contributed by atoms with van der Waals surface area (Å²) in [6.07, 6.45) is 4.13. The smallest absolute Gasteiger partial charge is 0.264 e. The third kappa shape index (κ3) is 8.96. The molecule has 0 heterocycles. The van der Waals surface area contributed by atoms with Gasteiger partial charge in [-0.25, -0.2) is 8.42 Å². The van der Waals surface area contributed by atoms with Gasteiger partial charge in [-0.3, -0.25) is 13.9 Å². The number of carbonyl (C=O) groups is 2. The third-order valence-corrected chi connectivity index (χ3v) is 10.6. The molecule has 5 rings (SSSR count). The topological polar surface area (TPSA) is 96.0 Å². The molecular weight excluding hydrogens is 646 g/mol. The van der Waals surface area contributed by atoms with Crippen LogP contribution in [0.3, 0.4) is 0 Å². The Morgan fingerprint density at radius 1 is 0.896 bits per heavy atom. The molecule has 2 amide bonds. The summed E-state index contributed by atoms with van der Waals surface area (Å²) in [4.78, 5) is 30.4. The van der Waals surface area contributed by atoms with Crippen molar-refractivity contribution in [2.45, 2.75) is 69.5 Å². The van der Waals surface area contributed by atoms with E-state index < -0.39 is 28.5 Å². The maximum absolute atomic E-state index is 14.7. The summed E-state index contributed by atoms with van der Waals surface area (Å²) in [6, 6.07) is 28.9. The molecule has 0 bridgehead atoms. The highest BCUT2D eigenvalue weighted by atomic mass is 35.5. The molecule has 4 aromatic rings. The SMILES string of the molecule is CCOc1ccc(N(CC(=O)N(Cc2cccc(C)c2)C(Cc2ccccc2)C(=O)NC2CCCC2)S(=O)(=O)c2ccc(Cl)cc2)cc1. The van der Waals surface area contributed by atoms with Gasteiger partial charge in [-0.1, -0.05) is 84.6 Å². The van der Waals surface area contributed by atoms with E-state index in [-0.39, 0.29) is 35.5 Å². The Bertz CT molecular complexity index is 1780. The average molecular weight is 688 g/mol. The van der Waals surface area contributed by atoms with Crippen LogP contribution in [0.15, 0.2) is 108 Å². The Labute approximate surface area is 288 Å². The van der Waals surface area contributed by atoms with E-state index in [0.29, 0.717) is 17.4 Å². The van der Waals surface area contributed by atoms with E-state index in [9.17, 15) is 18.0 Å². The zero-order valence-electron chi connectivity index (χ0n) is 27.3. The number of nitrogens with zero attached hydrogens (tertiary/aromatic N) is 2. The lowest BCUT2D eigenvalue weighted by Crippen LogP contribution is -2.54. The minimum atomic E-state index is -4.24. The molecule has 0 aromatic heterocycles. The normalized spacial score (nSPS) is 13.9. The molecule has 1 unspecified atom stereocenters. The fourth-order valence-corrected chi connectivity index (χ4v) is 7.61. The lowest BCUT2D eigenvalue weighted by atomic mass is 10.0. The minimum absolute atomic E-state index is 0.0152. The van der Waals surface area contributed by atoms with Crippen LogP contribution in [0.4, 0.5) is 5.69 Å². The monoisotopic (exact) mass is 687 g/mol. The zero-order chi connectivity index (χ0) is 34.1. The van der Waals surface area contributed by atoms with Crippen molar-refractivity contribution in [3.8, 4) is 5.75 Å². The molecule has 252 valence electrons. The predicted octanol–water partition coefficient (Wildman–Crippen LogP) is 6.94. The Hall–Kier alpha value is -4.34. The molecule has 1 aliphatic carbocycles. The number of rotatable bonds is 14. The molecule has 48 heavy (non-hydrogen) atoms. The van der Waals surface area contributed by atoms with Crippen LogP contribution in [0.1, 0.15) is 49.3 Å². The number of carbonyl (C=O) groups excluding carboxylic acids is 2. The number of hydrogen-bond donors (Lipinski definition) is 1. The highest BCUT2D eigenvalue weighted by Gasteiger charge is 2.35. The number of hydrogen-bond acceptors (Lipinski definition) is 5. The van der Waals surface area contributed by atoms with Crippen molar-refractivity contribution in [3.63, 3.8) is 0 Å². The molecule has 1 saturated carbocycles. The maximum atomic E-state index is 14.7. The first-order valence-electron chi connectivity index (χ1n) is 16.3. The molecule has 1 N–H and O–H groups in total. The lowest BCUT2D eigenvalue weighted by molar-refractivity contribution is -0.140. The van der Waals surface area contributed by atoms with Crippen molar-refractivity contribution in [2.24, 2.45) is 0 Å². The second-order valence-corrected chi connectivity index (χ2v) is 14.4. The van der Waals surface area contributed by atoms with Gasteiger partial charge in [0.1, 0.15) is 18.3 Å². The van der Waals surface area contributed by atoms with Crippen LogP contribution in [0.2, 0.25) is 5.02 Å². The van der Waals surface area contributed by atoms with Crippen LogP contribution in [0.25, 0.3) is 0 Å². The van der Waals surface area contributed by atoms with Crippen LogP contribution in [-0.2, 0) is 32.6 Å². The molecule has 4 aromatic carbocycles. The minimum Gasteiger partial charge on any atom is -0.494 e. The Morgan fingerprint density at radius 2 is 1.56 bits per heavy atom. The van der Waals surface area contributed by atoms with E-state index in [4.69, 9.17) is 16.3 Å². The van der Waals surface area contributed by atoms with Crippen LogP contribution in [0.5, 0.6) is 5.75 Å². The quantitative estimate of drug-likeness (QED) is 0.155. The van der Waals surface area contributed by atoms with Crippen molar-refractivity contribution in [1.82, 2.24) is 10.2 Å². The molecule has 8 nitrogen and oxygen atoms in total. The molecule has 0 aliphatic heterocycles. The van der Waals surface area contributed by atoms with E-state index in [1.807, 2.05) is 68.4 Å². The molecule has 1 aliphatic rings. The second kappa shape index (κ2) is 16.2. The van der Waals surface area contributed by atoms with E-state index >= 15 is 0 Å². The molecule has 0 saturated heterocycles. The number of halogens is 1. The fraction of sp³-hybridized carbons (Fsp3) is 0.316. The van der Waals surface area contributed by atoms with Gasteiger partial charge in [0.25, 0.3) is 10.0 Å². The molecule has 1 fully saturated rings. The standard InChI is InChI=1S/C38H42ClN3O5S/c1-3-47-34-20-18-33(19-21-34)42(48(45,46)35-22-16-31(39)17-23-35)27-37(43)41(26-30-13-9-10-28(2)24-30)36(25-29-11-5-4-6-12-29)38(44)40-32-14-7-8-15-32/h4-6,9-13,16-24,32,36H,3,7-8,14-15,25-27H2,1-2H3,(H,40,44). The van der Waals surface area contributed by atoms with Crippen LogP contribution in [-0.4, -0.2) is 50.4 Å². The van der Waals surface area contributed by atoms with Gasteiger partial charge in [-0.05, 0) is 86.3 Å².